The van der Waals surface area contributed by atoms with Crippen LogP contribution in [-0.4, -0.2) is 57.4 Å². The number of ether oxygens (including phenoxy) is 1. The molecular weight excluding hydrogens is 410 g/mol. The summed E-state index contributed by atoms with van der Waals surface area (Å²) in [6, 6.07) is 7.58. The maximum atomic E-state index is 12.2. The van der Waals surface area contributed by atoms with Crippen LogP contribution in [0.3, 0.4) is 0 Å². The van der Waals surface area contributed by atoms with Crippen molar-refractivity contribution in [1.82, 2.24) is 29.9 Å². The Morgan fingerprint density at radius 2 is 2.07 bits per heavy atom. The number of nitrogens with zero attached hydrogens (tertiary/aromatic N) is 6. The molecule has 9 nitrogen and oxygen atoms in total. The van der Waals surface area contributed by atoms with Gasteiger partial charge in [-0.05, 0) is 17.7 Å². The number of hydrogen-bond acceptors (Lipinski definition) is 9. The van der Waals surface area contributed by atoms with E-state index in [9.17, 15) is 4.79 Å². The van der Waals surface area contributed by atoms with Crippen LogP contribution in [0.25, 0.3) is 16.0 Å². The maximum absolute atomic E-state index is 12.2. The number of hydrogen-bond donors (Lipinski definition) is 1. The fraction of sp³-hybridized carbons (Fsp3) is 0.278. The van der Waals surface area contributed by atoms with E-state index in [2.05, 4.69) is 25.5 Å². The second kappa shape index (κ2) is 8.21. The Bertz CT molecular complexity index is 1150. The maximum Gasteiger partial charge on any atom is 0.230 e. The first-order chi connectivity index (χ1) is 14.0. The third-order valence-corrected chi connectivity index (χ3v) is 6.28. The quantitative estimate of drug-likeness (QED) is 0.447. The summed E-state index contributed by atoms with van der Waals surface area (Å²) in [5, 5.41) is 12.9. The van der Waals surface area contributed by atoms with Gasteiger partial charge in [0, 0.05) is 20.6 Å². The normalized spacial score (nSPS) is 11.1. The van der Waals surface area contributed by atoms with Gasteiger partial charge in [-0.25, -0.2) is 4.98 Å². The Hall–Kier alpha value is -2.92. The first-order valence-corrected chi connectivity index (χ1v) is 10.6. The Balaban J connectivity index is 1.41. The van der Waals surface area contributed by atoms with Crippen LogP contribution >= 0.6 is 23.1 Å². The average Bonchev–Trinajstić information content (AvgIpc) is 3.35. The van der Waals surface area contributed by atoms with Gasteiger partial charge in [-0.1, -0.05) is 35.2 Å². The van der Waals surface area contributed by atoms with Gasteiger partial charge in [0.25, 0.3) is 0 Å². The number of nitrogens with one attached hydrogen (secondary N) is 1. The average molecular weight is 430 g/mol. The highest BCUT2D eigenvalue weighted by atomic mass is 32.2. The van der Waals surface area contributed by atoms with Gasteiger partial charge in [0.1, 0.15) is 16.8 Å². The lowest BCUT2D eigenvalue weighted by molar-refractivity contribution is -0.118. The van der Waals surface area contributed by atoms with Crippen molar-refractivity contribution in [3.8, 4) is 5.75 Å². The van der Waals surface area contributed by atoms with Crippen molar-refractivity contribution in [3.63, 3.8) is 0 Å². The summed E-state index contributed by atoms with van der Waals surface area (Å²) in [7, 11) is 5.49. The summed E-state index contributed by atoms with van der Waals surface area (Å²) >= 11 is 2.83. The minimum Gasteiger partial charge on any atom is -0.497 e. The van der Waals surface area contributed by atoms with Crippen molar-refractivity contribution in [2.24, 2.45) is 0 Å². The van der Waals surface area contributed by atoms with E-state index in [1.807, 2.05) is 43.3 Å². The van der Waals surface area contributed by atoms with Crippen molar-refractivity contribution in [2.45, 2.75) is 11.7 Å². The molecule has 11 heteroatoms. The minimum atomic E-state index is -0.0794. The molecule has 0 aliphatic rings. The molecule has 0 radical (unpaired) electrons. The largest absolute Gasteiger partial charge is 0.497 e. The molecule has 0 spiro atoms. The molecule has 3 heterocycles. The van der Waals surface area contributed by atoms with Crippen LogP contribution in [0.5, 0.6) is 5.75 Å². The van der Waals surface area contributed by atoms with Crippen LogP contribution in [0.4, 0.5) is 5.13 Å². The Morgan fingerprint density at radius 3 is 2.79 bits per heavy atom. The second-order valence-electron chi connectivity index (χ2n) is 6.38. The monoisotopic (exact) mass is 429 g/mol. The zero-order chi connectivity index (χ0) is 20.4. The number of benzene rings is 1. The molecule has 150 valence electrons. The van der Waals surface area contributed by atoms with E-state index in [0.717, 1.165) is 21.1 Å². The van der Waals surface area contributed by atoms with Gasteiger partial charge in [-0.15, -0.1) is 10.2 Å². The van der Waals surface area contributed by atoms with Gasteiger partial charge < -0.3 is 15.0 Å². The molecule has 0 saturated carbocycles. The summed E-state index contributed by atoms with van der Waals surface area (Å²) in [6.07, 6.45) is 1.65. The van der Waals surface area contributed by atoms with Crippen molar-refractivity contribution in [1.29, 1.82) is 0 Å². The van der Waals surface area contributed by atoms with Gasteiger partial charge in [0.05, 0.1) is 12.9 Å². The van der Waals surface area contributed by atoms with Crippen LogP contribution < -0.4 is 15.0 Å². The lowest BCUT2D eigenvalue weighted by Gasteiger charge is -2.06. The fourth-order valence-electron chi connectivity index (χ4n) is 2.60. The predicted octanol–water partition coefficient (Wildman–Crippen LogP) is 2.22. The summed E-state index contributed by atoms with van der Waals surface area (Å²) in [4.78, 5) is 23.0. The smallest absolute Gasteiger partial charge is 0.230 e. The predicted molar refractivity (Wildman–Crippen MR) is 114 cm³/mol. The summed E-state index contributed by atoms with van der Waals surface area (Å²) in [6.45, 7) is 0.459. The molecule has 0 saturated heterocycles. The molecule has 0 atom stereocenters. The Kier molecular flexibility index (Phi) is 5.49. The number of amides is 1. The number of rotatable bonds is 7. The Labute approximate surface area is 175 Å². The van der Waals surface area contributed by atoms with E-state index in [1.54, 1.807) is 17.8 Å². The van der Waals surface area contributed by atoms with Gasteiger partial charge in [-0.2, -0.15) is 4.98 Å². The lowest BCUT2D eigenvalue weighted by Crippen LogP contribution is -2.24. The van der Waals surface area contributed by atoms with Crippen LogP contribution in [0.1, 0.15) is 5.56 Å². The number of methoxy groups -OCH3 is 1. The molecule has 0 fully saturated rings. The van der Waals surface area contributed by atoms with E-state index < -0.39 is 0 Å². The number of anilines is 1. The third-order valence-electron chi connectivity index (χ3n) is 4.12. The minimum absolute atomic E-state index is 0.0794. The summed E-state index contributed by atoms with van der Waals surface area (Å²) < 4.78 is 7.80. The van der Waals surface area contributed by atoms with Gasteiger partial charge in [0.15, 0.2) is 21.6 Å². The van der Waals surface area contributed by atoms with Crippen molar-refractivity contribution >= 4 is 50.1 Å². The number of carbonyl (C=O) groups is 1. The summed E-state index contributed by atoms with van der Waals surface area (Å²) in [5.74, 6) is 0.945. The zero-order valence-electron chi connectivity index (χ0n) is 16.1. The van der Waals surface area contributed by atoms with Crippen molar-refractivity contribution < 1.29 is 9.53 Å². The molecule has 0 aliphatic heterocycles. The first-order valence-electron chi connectivity index (χ1n) is 8.75. The van der Waals surface area contributed by atoms with E-state index in [1.165, 1.54) is 23.1 Å². The molecule has 3 aromatic heterocycles. The van der Waals surface area contributed by atoms with Crippen LogP contribution in [-0.2, 0) is 11.3 Å². The fourth-order valence-corrected chi connectivity index (χ4v) is 4.25. The number of aromatic nitrogens is 5. The first kappa shape index (κ1) is 19.4. The zero-order valence-corrected chi connectivity index (χ0v) is 17.8. The molecule has 0 aliphatic carbocycles. The number of thiazole rings is 1. The van der Waals surface area contributed by atoms with Crippen LogP contribution in [0.2, 0.25) is 0 Å². The highest BCUT2D eigenvalue weighted by Crippen LogP contribution is 2.30. The molecule has 1 aromatic carbocycles. The van der Waals surface area contributed by atoms with Crippen molar-refractivity contribution in [2.75, 3.05) is 31.9 Å². The van der Waals surface area contributed by atoms with E-state index in [-0.39, 0.29) is 11.7 Å². The standard InChI is InChI=1S/C18H19N7O2S2/c1-24(2)17-21-15-14(29-17)16-22-23-18(25(16)10-20-15)28-9-13(26)19-8-11-4-6-12(27-3)7-5-11/h4-7,10H,8-9H2,1-3H3,(H,19,26). The lowest BCUT2D eigenvalue weighted by atomic mass is 10.2. The molecule has 29 heavy (non-hydrogen) atoms. The third kappa shape index (κ3) is 4.10. The molecule has 0 bridgehead atoms. The molecule has 4 rings (SSSR count). The number of thioether (sulfide) groups is 1. The van der Waals surface area contributed by atoms with E-state index in [0.29, 0.717) is 23.0 Å². The molecule has 1 amide bonds. The van der Waals surface area contributed by atoms with E-state index in [4.69, 9.17) is 4.74 Å². The van der Waals surface area contributed by atoms with Crippen LogP contribution in [0, 0.1) is 0 Å². The molecule has 4 aromatic rings. The number of fused-ring (bicyclic) bond motifs is 3. The summed E-state index contributed by atoms with van der Waals surface area (Å²) in [5.41, 5.74) is 2.35. The second-order valence-corrected chi connectivity index (χ2v) is 8.30. The van der Waals surface area contributed by atoms with Crippen molar-refractivity contribution in [3.05, 3.63) is 36.2 Å². The van der Waals surface area contributed by atoms with Gasteiger partial charge in [0.2, 0.25) is 5.91 Å². The number of carbonyl (C=O) groups excluding carboxylic acids is 1. The van der Waals surface area contributed by atoms with Gasteiger partial charge >= 0.3 is 0 Å². The highest BCUT2D eigenvalue weighted by molar-refractivity contribution is 7.99. The molecule has 0 unspecified atom stereocenters. The highest BCUT2D eigenvalue weighted by Gasteiger charge is 2.16. The SMILES string of the molecule is COc1ccc(CNC(=O)CSc2nnc3c4sc(N(C)C)nc4ncn23)cc1. The van der Waals surface area contributed by atoms with E-state index >= 15 is 0 Å². The topological polar surface area (TPSA) is 97.5 Å². The van der Waals surface area contributed by atoms with Crippen LogP contribution in [0.15, 0.2) is 35.7 Å². The molecular formula is C18H19N7O2S2. The Morgan fingerprint density at radius 1 is 1.28 bits per heavy atom. The van der Waals surface area contributed by atoms with Gasteiger partial charge in [-0.3, -0.25) is 9.20 Å². The molecule has 1 N–H and O–H groups in total.